The van der Waals surface area contributed by atoms with E-state index in [2.05, 4.69) is 43.1 Å². The summed E-state index contributed by atoms with van der Waals surface area (Å²) in [5.41, 5.74) is 2.41. The fraction of sp³-hybridized carbons (Fsp3) is 0.615. The van der Waals surface area contributed by atoms with Crippen LogP contribution in [0, 0.1) is 6.92 Å². The Morgan fingerprint density at radius 2 is 1.94 bits per heavy atom. The second-order valence-corrected chi connectivity index (χ2v) is 10.2. The molecule has 2 aliphatic rings. The van der Waals surface area contributed by atoms with Gasteiger partial charge in [0.15, 0.2) is 5.82 Å². The molecule has 8 nitrogen and oxygen atoms in total. The lowest BCUT2D eigenvalue weighted by Gasteiger charge is -2.41. The number of benzene rings is 1. The number of tetrazole rings is 1. The lowest BCUT2D eigenvalue weighted by molar-refractivity contribution is 0.0577. The highest BCUT2D eigenvalue weighted by Gasteiger charge is 2.46. The minimum atomic E-state index is -0.315. The van der Waals surface area contributed by atoms with Crippen LogP contribution in [0.2, 0.25) is 0 Å². The molecule has 182 valence electrons. The predicted molar refractivity (Wildman–Crippen MR) is 132 cm³/mol. The molecular weight excluding hydrogens is 428 g/mol. The second kappa shape index (κ2) is 9.96. The number of hydrogen-bond donors (Lipinski definition) is 2. The molecule has 5 rings (SSSR count). The third kappa shape index (κ3) is 4.41. The van der Waals surface area contributed by atoms with E-state index in [1.165, 1.54) is 24.8 Å². The van der Waals surface area contributed by atoms with Crippen molar-refractivity contribution in [3.8, 4) is 0 Å². The van der Waals surface area contributed by atoms with Gasteiger partial charge in [0, 0.05) is 30.8 Å². The highest BCUT2D eigenvalue weighted by Crippen LogP contribution is 2.45. The Kier molecular flexibility index (Phi) is 6.79. The van der Waals surface area contributed by atoms with E-state index < -0.39 is 0 Å². The second-order valence-electron chi connectivity index (χ2n) is 10.2. The number of nitrogens with zero attached hydrogens (tertiary/aromatic N) is 5. The smallest absolute Gasteiger partial charge is 0.252 e. The van der Waals surface area contributed by atoms with Gasteiger partial charge in [-0.05, 0) is 73.0 Å². The largest absolute Gasteiger partial charge is 0.396 e. The molecule has 0 radical (unpaired) electrons. The van der Waals surface area contributed by atoms with Crippen LogP contribution < -0.4 is 5.56 Å². The van der Waals surface area contributed by atoms with Gasteiger partial charge >= 0.3 is 0 Å². The number of aryl methyl sites for hydroxylation is 1. The Morgan fingerprint density at radius 1 is 1.15 bits per heavy atom. The van der Waals surface area contributed by atoms with E-state index in [-0.39, 0.29) is 17.7 Å². The van der Waals surface area contributed by atoms with Gasteiger partial charge in [0.25, 0.3) is 5.56 Å². The fourth-order valence-electron chi connectivity index (χ4n) is 6.11. The molecule has 0 unspecified atom stereocenters. The Balaban J connectivity index is 1.54. The van der Waals surface area contributed by atoms with E-state index in [4.69, 9.17) is 0 Å². The van der Waals surface area contributed by atoms with Crippen molar-refractivity contribution in [2.75, 3.05) is 13.2 Å². The van der Waals surface area contributed by atoms with E-state index in [1.54, 1.807) is 0 Å². The lowest BCUT2D eigenvalue weighted by atomic mass is 9.90. The monoisotopic (exact) mass is 464 g/mol. The first-order chi connectivity index (χ1) is 16.6. The zero-order valence-electron chi connectivity index (χ0n) is 20.2. The molecule has 0 saturated heterocycles. The van der Waals surface area contributed by atoms with Crippen LogP contribution in [0.3, 0.4) is 0 Å². The molecule has 0 amide bonds. The normalized spacial score (nSPS) is 18.8. The van der Waals surface area contributed by atoms with Crippen molar-refractivity contribution < 1.29 is 5.11 Å². The van der Waals surface area contributed by atoms with Crippen LogP contribution in [0.1, 0.15) is 87.2 Å². The van der Waals surface area contributed by atoms with Gasteiger partial charge < -0.3 is 10.1 Å². The molecule has 2 aromatic heterocycles. The summed E-state index contributed by atoms with van der Waals surface area (Å²) in [6.45, 7) is 3.39. The number of fused-ring (bicyclic) bond motifs is 1. The maximum absolute atomic E-state index is 13.1. The quantitative estimate of drug-likeness (QED) is 0.523. The van der Waals surface area contributed by atoms with Crippen molar-refractivity contribution in [2.45, 2.75) is 89.3 Å². The molecule has 0 spiro atoms. The molecule has 1 aromatic carbocycles. The third-order valence-corrected chi connectivity index (χ3v) is 7.89. The number of aromatic nitrogens is 5. The average Bonchev–Trinajstić information content (AvgIpc) is 3.53. The Labute approximate surface area is 200 Å². The molecule has 2 saturated carbocycles. The number of nitrogens with one attached hydrogen (secondary N) is 1. The van der Waals surface area contributed by atoms with Crippen molar-refractivity contribution >= 4 is 10.9 Å². The molecule has 2 heterocycles. The molecule has 2 aliphatic carbocycles. The maximum atomic E-state index is 13.1. The van der Waals surface area contributed by atoms with Gasteiger partial charge in [-0.3, -0.25) is 9.69 Å². The minimum absolute atomic E-state index is 0.0506. The molecular formula is C26H36N6O2. The number of aromatic amines is 1. The zero-order valence-corrected chi connectivity index (χ0v) is 20.2. The standard InChI is InChI=1S/C26H36N6O2/c1-19-10-11-23-20(16-19)17-21(24(34)27-23)18-31(14-7-15-33)26(12-5-6-13-26)25-28-29-30-32(25)22-8-3-2-4-9-22/h10-11,16-17,22,33H,2-9,12-15,18H2,1H3,(H,27,34). The Hall–Kier alpha value is -2.58. The van der Waals surface area contributed by atoms with E-state index in [0.29, 0.717) is 25.6 Å². The Morgan fingerprint density at radius 3 is 2.71 bits per heavy atom. The van der Waals surface area contributed by atoms with Crippen LogP contribution >= 0.6 is 0 Å². The van der Waals surface area contributed by atoms with Crippen molar-refractivity contribution in [1.29, 1.82) is 0 Å². The summed E-state index contributed by atoms with van der Waals surface area (Å²) in [6.07, 6.45) is 10.8. The first kappa shape index (κ1) is 23.2. The van der Waals surface area contributed by atoms with Crippen LogP contribution in [-0.2, 0) is 12.1 Å². The van der Waals surface area contributed by atoms with Crippen molar-refractivity contribution in [3.63, 3.8) is 0 Å². The average molecular weight is 465 g/mol. The molecule has 3 aromatic rings. The van der Waals surface area contributed by atoms with Crippen molar-refractivity contribution in [1.82, 2.24) is 30.1 Å². The van der Waals surface area contributed by atoms with Crippen LogP contribution in [0.5, 0.6) is 0 Å². The maximum Gasteiger partial charge on any atom is 0.252 e. The first-order valence-electron chi connectivity index (χ1n) is 12.9. The highest BCUT2D eigenvalue weighted by atomic mass is 16.3. The number of aliphatic hydroxyl groups is 1. The van der Waals surface area contributed by atoms with Gasteiger partial charge in [0.05, 0.1) is 11.6 Å². The molecule has 2 fully saturated rings. The summed E-state index contributed by atoms with van der Waals surface area (Å²) in [5.74, 6) is 0.947. The molecule has 0 aliphatic heterocycles. The molecule has 0 bridgehead atoms. The molecule has 0 atom stereocenters. The van der Waals surface area contributed by atoms with Crippen LogP contribution in [0.4, 0.5) is 0 Å². The minimum Gasteiger partial charge on any atom is -0.396 e. The van der Waals surface area contributed by atoms with Gasteiger partial charge in [-0.1, -0.05) is 43.7 Å². The topological polar surface area (TPSA) is 99.9 Å². The summed E-state index contributed by atoms with van der Waals surface area (Å²) in [7, 11) is 0. The number of aliphatic hydroxyl groups excluding tert-OH is 1. The van der Waals surface area contributed by atoms with E-state index in [1.807, 2.05) is 18.2 Å². The number of rotatable bonds is 8. The lowest BCUT2D eigenvalue weighted by Crippen LogP contribution is -2.47. The molecule has 34 heavy (non-hydrogen) atoms. The number of H-pyrrole nitrogens is 1. The third-order valence-electron chi connectivity index (χ3n) is 7.89. The number of pyridine rings is 1. The summed E-state index contributed by atoms with van der Waals surface area (Å²) >= 11 is 0. The van der Waals surface area contributed by atoms with Gasteiger partial charge in [0.1, 0.15) is 0 Å². The van der Waals surface area contributed by atoms with E-state index in [9.17, 15) is 9.90 Å². The van der Waals surface area contributed by atoms with Crippen molar-refractivity contribution in [3.05, 3.63) is 51.6 Å². The molecule has 2 N–H and O–H groups in total. The fourth-order valence-corrected chi connectivity index (χ4v) is 6.11. The van der Waals surface area contributed by atoms with E-state index >= 15 is 0 Å². The van der Waals surface area contributed by atoms with Crippen LogP contribution in [0.15, 0.2) is 29.1 Å². The number of hydrogen-bond acceptors (Lipinski definition) is 6. The van der Waals surface area contributed by atoms with Gasteiger partial charge in [-0.15, -0.1) is 5.10 Å². The summed E-state index contributed by atoms with van der Waals surface area (Å²) in [5, 5.41) is 24.0. The van der Waals surface area contributed by atoms with Gasteiger partial charge in [-0.2, -0.15) is 0 Å². The van der Waals surface area contributed by atoms with E-state index in [0.717, 1.165) is 60.8 Å². The summed E-state index contributed by atoms with van der Waals surface area (Å²) in [6, 6.07) is 8.48. The first-order valence-corrected chi connectivity index (χ1v) is 12.9. The summed E-state index contributed by atoms with van der Waals surface area (Å²) < 4.78 is 2.10. The molecule has 8 heteroatoms. The predicted octanol–water partition coefficient (Wildman–Crippen LogP) is 3.98. The van der Waals surface area contributed by atoms with Crippen molar-refractivity contribution in [2.24, 2.45) is 0 Å². The highest BCUT2D eigenvalue weighted by molar-refractivity contribution is 5.79. The van der Waals surface area contributed by atoms with Gasteiger partial charge in [-0.25, -0.2) is 4.68 Å². The SMILES string of the molecule is Cc1ccc2[nH]c(=O)c(CN(CCCO)C3(c4nnnn4C4CCCCC4)CCCC3)cc2c1. The van der Waals surface area contributed by atoms with Crippen LogP contribution in [-0.4, -0.2) is 48.3 Å². The van der Waals surface area contributed by atoms with Crippen LogP contribution in [0.25, 0.3) is 10.9 Å². The van der Waals surface area contributed by atoms with Gasteiger partial charge in [0.2, 0.25) is 0 Å². The Bertz CT molecular complexity index is 1170. The summed E-state index contributed by atoms with van der Waals surface area (Å²) in [4.78, 5) is 18.5. The zero-order chi connectivity index (χ0) is 23.5.